The van der Waals surface area contributed by atoms with E-state index in [-0.39, 0.29) is 5.88 Å². The van der Waals surface area contributed by atoms with E-state index in [0.29, 0.717) is 11.3 Å². The summed E-state index contributed by atoms with van der Waals surface area (Å²) in [4.78, 5) is 14.2. The Morgan fingerprint density at radius 1 is 1.62 bits per heavy atom. The van der Waals surface area contributed by atoms with Crippen LogP contribution in [0.5, 0.6) is 5.88 Å². The molecule has 0 unspecified atom stereocenters. The number of hydrogen-bond acceptors (Lipinski definition) is 3. The van der Waals surface area contributed by atoms with E-state index in [9.17, 15) is 4.79 Å². The van der Waals surface area contributed by atoms with Crippen molar-refractivity contribution in [3.05, 3.63) is 21.8 Å². The number of aryl methyl sites for hydroxylation is 2. The Balaban J connectivity index is 3.08. The number of halogens is 1. The summed E-state index contributed by atoms with van der Waals surface area (Å²) >= 11 is 3.28. The summed E-state index contributed by atoms with van der Waals surface area (Å²) in [5, 5.41) is 8.38. The maximum atomic E-state index is 10.2. The lowest BCUT2D eigenvalue weighted by Crippen LogP contribution is -2.06. The first kappa shape index (κ1) is 9.98. The van der Waals surface area contributed by atoms with Crippen molar-refractivity contribution in [1.82, 2.24) is 4.98 Å². The van der Waals surface area contributed by atoms with Crippen molar-refractivity contribution in [3.63, 3.8) is 0 Å². The van der Waals surface area contributed by atoms with Crippen molar-refractivity contribution in [2.45, 2.75) is 13.8 Å². The van der Waals surface area contributed by atoms with Crippen LogP contribution in [-0.4, -0.2) is 16.2 Å². The molecule has 0 atom stereocenters. The molecule has 0 aliphatic heterocycles. The van der Waals surface area contributed by atoms with Gasteiger partial charge in [-0.05, 0) is 35.8 Å². The van der Waals surface area contributed by atoms with Gasteiger partial charge in [-0.2, -0.15) is 0 Å². The molecule has 1 aromatic rings. The second-order valence-electron chi connectivity index (χ2n) is 2.55. The fourth-order valence-electron chi connectivity index (χ4n) is 0.836. The Kier molecular flexibility index (Phi) is 2.87. The standard InChI is InChI=1S/C8H8BrNO3/c1-4-3-6(9)5(2)10-7(4)13-8(11)12/h3H,1-2H3,(H,11,12). The minimum Gasteiger partial charge on any atom is -0.449 e. The van der Waals surface area contributed by atoms with E-state index < -0.39 is 6.16 Å². The van der Waals surface area contributed by atoms with Crippen LogP contribution in [0.15, 0.2) is 10.5 Å². The molecule has 1 heterocycles. The second-order valence-corrected chi connectivity index (χ2v) is 3.40. The number of carboxylic acid groups (broad SMARTS) is 1. The first-order valence-corrected chi connectivity index (χ1v) is 4.34. The molecular formula is C8H8BrNO3. The monoisotopic (exact) mass is 245 g/mol. The fourth-order valence-corrected chi connectivity index (χ4v) is 1.27. The van der Waals surface area contributed by atoms with Crippen LogP contribution < -0.4 is 4.74 Å². The van der Waals surface area contributed by atoms with Crippen molar-refractivity contribution < 1.29 is 14.6 Å². The molecule has 0 bridgehead atoms. The van der Waals surface area contributed by atoms with Crippen LogP contribution in [-0.2, 0) is 0 Å². The van der Waals surface area contributed by atoms with Gasteiger partial charge in [-0.25, -0.2) is 9.78 Å². The van der Waals surface area contributed by atoms with Crippen LogP contribution in [0, 0.1) is 13.8 Å². The molecule has 0 saturated carbocycles. The van der Waals surface area contributed by atoms with Crippen molar-refractivity contribution in [1.29, 1.82) is 0 Å². The Hall–Kier alpha value is -1.10. The predicted octanol–water partition coefficient (Wildman–Crippen LogP) is 2.52. The number of carbonyl (C=O) groups is 1. The molecule has 0 amide bonds. The zero-order valence-electron chi connectivity index (χ0n) is 7.17. The summed E-state index contributed by atoms with van der Waals surface area (Å²) in [5.74, 6) is 0.133. The summed E-state index contributed by atoms with van der Waals surface area (Å²) in [6, 6.07) is 1.76. The maximum Gasteiger partial charge on any atom is 0.512 e. The highest BCUT2D eigenvalue weighted by Crippen LogP contribution is 2.22. The highest BCUT2D eigenvalue weighted by atomic mass is 79.9. The fraction of sp³-hybridized carbons (Fsp3) is 0.250. The number of pyridine rings is 1. The summed E-state index contributed by atoms with van der Waals surface area (Å²) < 4.78 is 5.30. The summed E-state index contributed by atoms with van der Waals surface area (Å²) in [7, 11) is 0. The average Bonchev–Trinajstić information content (AvgIpc) is 1.99. The smallest absolute Gasteiger partial charge is 0.449 e. The van der Waals surface area contributed by atoms with Crippen molar-refractivity contribution in [3.8, 4) is 5.88 Å². The molecule has 70 valence electrons. The van der Waals surface area contributed by atoms with Gasteiger partial charge in [0.15, 0.2) is 0 Å². The maximum absolute atomic E-state index is 10.2. The van der Waals surface area contributed by atoms with Crippen molar-refractivity contribution in [2.24, 2.45) is 0 Å². The molecule has 0 radical (unpaired) electrons. The van der Waals surface area contributed by atoms with Crippen molar-refractivity contribution >= 4 is 22.1 Å². The Labute approximate surface area is 83.7 Å². The molecule has 13 heavy (non-hydrogen) atoms. The third-order valence-corrected chi connectivity index (χ3v) is 2.28. The van der Waals surface area contributed by atoms with Crippen LogP contribution in [0.4, 0.5) is 4.79 Å². The quantitative estimate of drug-likeness (QED) is 0.773. The van der Waals surface area contributed by atoms with Crippen LogP contribution in [0.25, 0.3) is 0 Å². The molecule has 1 aromatic heterocycles. The zero-order chi connectivity index (χ0) is 10.0. The minimum absolute atomic E-state index is 0.133. The number of aromatic nitrogens is 1. The summed E-state index contributed by atoms with van der Waals surface area (Å²) in [6.07, 6.45) is -1.35. The molecule has 4 nitrogen and oxygen atoms in total. The minimum atomic E-state index is -1.35. The van der Waals surface area contributed by atoms with E-state index in [1.165, 1.54) is 0 Å². The van der Waals surface area contributed by atoms with E-state index in [1.807, 2.05) is 0 Å². The van der Waals surface area contributed by atoms with Crippen LogP contribution in [0.3, 0.4) is 0 Å². The summed E-state index contributed by atoms with van der Waals surface area (Å²) in [6.45, 7) is 3.49. The molecule has 0 spiro atoms. The van der Waals surface area contributed by atoms with Crippen LogP contribution >= 0.6 is 15.9 Å². The molecule has 5 heteroatoms. The Morgan fingerprint density at radius 2 is 2.23 bits per heavy atom. The largest absolute Gasteiger partial charge is 0.512 e. The van der Waals surface area contributed by atoms with E-state index in [1.54, 1.807) is 19.9 Å². The van der Waals surface area contributed by atoms with Gasteiger partial charge < -0.3 is 9.84 Å². The first-order valence-electron chi connectivity index (χ1n) is 3.55. The van der Waals surface area contributed by atoms with Gasteiger partial charge in [-0.3, -0.25) is 0 Å². The molecule has 0 aromatic carbocycles. The third-order valence-electron chi connectivity index (χ3n) is 1.48. The van der Waals surface area contributed by atoms with Gasteiger partial charge >= 0.3 is 6.16 Å². The molecule has 1 N–H and O–H groups in total. The average molecular weight is 246 g/mol. The van der Waals surface area contributed by atoms with Gasteiger partial charge in [0.25, 0.3) is 0 Å². The molecule has 1 rings (SSSR count). The Bertz CT molecular complexity index is 351. The van der Waals surface area contributed by atoms with E-state index in [0.717, 1.165) is 4.47 Å². The summed E-state index contributed by atoms with van der Waals surface area (Å²) in [5.41, 5.74) is 1.38. The zero-order valence-corrected chi connectivity index (χ0v) is 8.75. The number of hydrogen-bond donors (Lipinski definition) is 1. The van der Waals surface area contributed by atoms with E-state index in [4.69, 9.17) is 5.11 Å². The molecular weight excluding hydrogens is 238 g/mol. The van der Waals surface area contributed by atoms with Crippen LogP contribution in [0.1, 0.15) is 11.3 Å². The lowest BCUT2D eigenvalue weighted by molar-refractivity contribution is 0.142. The van der Waals surface area contributed by atoms with E-state index >= 15 is 0 Å². The molecule has 0 saturated heterocycles. The lowest BCUT2D eigenvalue weighted by Gasteiger charge is -2.05. The van der Waals surface area contributed by atoms with E-state index in [2.05, 4.69) is 25.7 Å². The van der Waals surface area contributed by atoms with Gasteiger partial charge in [0.2, 0.25) is 5.88 Å². The van der Waals surface area contributed by atoms with Gasteiger partial charge in [-0.1, -0.05) is 0 Å². The predicted molar refractivity (Wildman–Crippen MR) is 50.1 cm³/mol. The SMILES string of the molecule is Cc1cc(Br)c(C)nc1OC(=O)O. The van der Waals surface area contributed by atoms with Gasteiger partial charge in [-0.15, -0.1) is 0 Å². The van der Waals surface area contributed by atoms with Crippen LogP contribution in [0.2, 0.25) is 0 Å². The lowest BCUT2D eigenvalue weighted by atomic mass is 10.3. The third kappa shape index (κ3) is 2.42. The van der Waals surface area contributed by atoms with Crippen molar-refractivity contribution in [2.75, 3.05) is 0 Å². The topological polar surface area (TPSA) is 59.4 Å². The first-order chi connectivity index (χ1) is 6.00. The molecule has 0 fully saturated rings. The highest BCUT2D eigenvalue weighted by molar-refractivity contribution is 9.10. The number of ether oxygens (including phenoxy) is 1. The second kappa shape index (κ2) is 3.74. The normalized spacial score (nSPS) is 9.77. The van der Waals surface area contributed by atoms with Gasteiger partial charge in [0.05, 0.1) is 5.69 Å². The molecule has 0 aliphatic carbocycles. The Morgan fingerprint density at radius 3 is 2.77 bits per heavy atom. The van der Waals surface area contributed by atoms with Gasteiger partial charge in [0.1, 0.15) is 0 Å². The number of nitrogens with zero attached hydrogens (tertiary/aromatic N) is 1. The highest BCUT2D eigenvalue weighted by Gasteiger charge is 2.08. The van der Waals surface area contributed by atoms with Gasteiger partial charge in [0, 0.05) is 10.0 Å². The number of rotatable bonds is 1. The molecule has 0 aliphatic rings.